The zero-order valence-corrected chi connectivity index (χ0v) is 31.9. The minimum Gasteiger partial charge on any atom is -0.443 e. The monoisotopic (exact) mass is 755 g/mol. The van der Waals surface area contributed by atoms with E-state index < -0.39 is 65.5 Å². The van der Waals surface area contributed by atoms with E-state index in [0.29, 0.717) is 16.8 Å². The van der Waals surface area contributed by atoms with E-state index in [4.69, 9.17) is 13.9 Å². The highest BCUT2D eigenvalue weighted by atomic mass is 28.4. The van der Waals surface area contributed by atoms with E-state index >= 15 is 0 Å². The van der Waals surface area contributed by atoms with Crippen molar-refractivity contribution in [3.05, 3.63) is 137 Å². The van der Waals surface area contributed by atoms with Gasteiger partial charge in [-0.2, -0.15) is 26.3 Å². The van der Waals surface area contributed by atoms with Crippen LogP contribution in [0.15, 0.2) is 103 Å². The van der Waals surface area contributed by atoms with Crippen LogP contribution in [0, 0.1) is 0 Å². The summed E-state index contributed by atoms with van der Waals surface area (Å²) in [7, 11) is -3.06. The first kappa shape index (κ1) is 38.6. The van der Waals surface area contributed by atoms with Crippen molar-refractivity contribution in [1.82, 2.24) is 0 Å². The first-order chi connectivity index (χ1) is 24.4. The topological polar surface area (TPSA) is 48.0 Å². The maximum Gasteiger partial charge on any atom is 0.419 e. The van der Waals surface area contributed by atoms with Crippen LogP contribution in [-0.2, 0) is 43.7 Å². The van der Waals surface area contributed by atoms with Crippen molar-refractivity contribution in [2.45, 2.75) is 101 Å². The molecule has 0 aliphatic carbocycles. The Kier molecular flexibility index (Phi) is 9.07. The van der Waals surface area contributed by atoms with Crippen molar-refractivity contribution in [1.29, 1.82) is 0 Å². The number of alkyl halides is 6. The van der Waals surface area contributed by atoms with Crippen molar-refractivity contribution in [2.24, 2.45) is 0 Å². The third-order valence-corrected chi connectivity index (χ3v) is 15.0. The van der Waals surface area contributed by atoms with Gasteiger partial charge in [0.25, 0.3) is 5.91 Å². The maximum atomic E-state index is 14.7. The number of fused-ring (bicyclic) bond motifs is 3. The number of ether oxygens (including phenoxy) is 2. The van der Waals surface area contributed by atoms with Crippen LogP contribution in [0.2, 0.25) is 18.1 Å². The molecule has 0 bridgehead atoms. The highest BCUT2D eigenvalue weighted by Crippen LogP contribution is 2.75. The molecule has 2 aliphatic rings. The lowest BCUT2D eigenvalue weighted by Gasteiger charge is -2.69. The Hall–Kier alpha value is -4.13. The van der Waals surface area contributed by atoms with Gasteiger partial charge in [-0.1, -0.05) is 93.6 Å². The van der Waals surface area contributed by atoms with Crippen LogP contribution in [0.5, 0.6) is 0 Å². The lowest BCUT2D eigenvalue weighted by atomic mass is 9.53. The first-order valence-electron chi connectivity index (χ1n) is 17.3. The second-order valence-corrected chi connectivity index (χ2v) is 21.0. The van der Waals surface area contributed by atoms with Crippen LogP contribution in [-0.4, -0.2) is 25.9 Å². The fraction of sp³-hybridized carbons (Fsp3) is 0.390. The van der Waals surface area contributed by atoms with Crippen molar-refractivity contribution in [2.75, 3.05) is 4.90 Å². The quantitative estimate of drug-likeness (QED) is 0.145. The van der Waals surface area contributed by atoms with Crippen LogP contribution >= 0.6 is 0 Å². The number of benzene rings is 4. The highest BCUT2D eigenvalue weighted by Gasteiger charge is 2.86. The van der Waals surface area contributed by atoms with Crippen LogP contribution in [0.25, 0.3) is 0 Å². The molecule has 4 aromatic carbocycles. The molecule has 5 nitrogen and oxygen atoms in total. The molecule has 282 valence electrons. The number of carbonyl (C=O) groups excluding carboxylic acids is 1. The van der Waals surface area contributed by atoms with Gasteiger partial charge in [0, 0.05) is 0 Å². The van der Waals surface area contributed by atoms with Gasteiger partial charge in [-0.15, -0.1) is 0 Å². The first-order valence-corrected chi connectivity index (χ1v) is 20.2. The van der Waals surface area contributed by atoms with E-state index in [2.05, 4.69) is 0 Å². The molecule has 2 heterocycles. The number of hydrogen-bond acceptors (Lipinski definition) is 4. The van der Waals surface area contributed by atoms with Crippen molar-refractivity contribution >= 4 is 20.1 Å². The van der Waals surface area contributed by atoms with Gasteiger partial charge in [0.1, 0.15) is 16.6 Å². The number of carbonyl (C=O) groups is 1. The molecule has 12 heteroatoms. The molecule has 6 rings (SSSR count). The summed E-state index contributed by atoms with van der Waals surface area (Å²) in [5.74, 6) is -2.11. The predicted molar refractivity (Wildman–Crippen MR) is 193 cm³/mol. The number of anilines is 1. The largest absolute Gasteiger partial charge is 0.443 e. The van der Waals surface area contributed by atoms with Gasteiger partial charge in [0.05, 0.1) is 16.8 Å². The normalized spacial score (nSPS) is 21.4. The fourth-order valence-corrected chi connectivity index (χ4v) is 8.67. The third kappa shape index (κ3) is 6.16. The zero-order valence-electron chi connectivity index (χ0n) is 30.9. The average molecular weight is 756 g/mol. The molecule has 2 atom stereocenters. The Bertz CT molecular complexity index is 1960. The molecule has 0 saturated carbocycles. The zero-order chi connectivity index (χ0) is 39.0. The van der Waals surface area contributed by atoms with Crippen LogP contribution in [0.4, 0.5) is 36.8 Å². The van der Waals surface area contributed by atoms with Gasteiger partial charge in [-0.3, -0.25) is 0 Å². The van der Waals surface area contributed by atoms with E-state index in [-0.39, 0.29) is 17.5 Å². The molecular formula is C41H43F6NO4Si. The summed E-state index contributed by atoms with van der Waals surface area (Å²) in [4.78, 5) is 16.0. The summed E-state index contributed by atoms with van der Waals surface area (Å²) in [5.41, 5.74) is -5.50. The number of hydrogen-bond donors (Lipinski definition) is 0. The maximum absolute atomic E-state index is 14.7. The van der Waals surface area contributed by atoms with Crippen molar-refractivity contribution in [3.8, 4) is 0 Å². The van der Waals surface area contributed by atoms with Gasteiger partial charge in [-0.25, -0.2) is 9.69 Å². The average Bonchev–Trinajstić information content (AvgIpc) is 3.22. The summed E-state index contributed by atoms with van der Waals surface area (Å²) < 4.78 is 108. The lowest BCUT2D eigenvalue weighted by Crippen LogP contribution is -2.84. The van der Waals surface area contributed by atoms with Crippen molar-refractivity contribution < 1.29 is 45.0 Å². The van der Waals surface area contributed by atoms with Gasteiger partial charge in [0.15, 0.2) is 8.32 Å². The minimum atomic E-state index is -4.80. The molecule has 0 radical (unpaired) electrons. The summed E-state index contributed by atoms with van der Waals surface area (Å²) >= 11 is 0. The number of rotatable bonds is 6. The molecule has 1 fully saturated rings. The third-order valence-electron chi connectivity index (χ3n) is 10.6. The molecule has 0 spiro atoms. The molecule has 0 N–H and O–H groups in total. The standard InChI is InChI=1S/C41H43F6NO4Si/c1-35(2,3)50-34(49)48-33-23-13-12-22-32(33)37(26-27-16-10-9-11-17-27)38(28-18-14-20-30(24-28)39(42,43)44,29-19-15-21-31(25-29)40(45,46)47)51-41(37,48)52-53(7,8)36(4,5)6/h9-25H,26H2,1-8H3/t37-,41-/m0/s1. The van der Waals surface area contributed by atoms with E-state index in [1.165, 1.54) is 29.2 Å². The lowest BCUT2D eigenvalue weighted by molar-refractivity contribution is -0.404. The van der Waals surface area contributed by atoms with Crippen molar-refractivity contribution in [3.63, 3.8) is 0 Å². The Balaban J connectivity index is 1.82. The Labute approximate surface area is 307 Å². The molecule has 0 aromatic heterocycles. The molecule has 2 aliphatic heterocycles. The Morgan fingerprint density at radius 3 is 1.72 bits per heavy atom. The van der Waals surface area contributed by atoms with Gasteiger partial charge < -0.3 is 13.9 Å². The SMILES string of the molecule is CC(C)(C)OC(=O)N1c2ccccc2[C@@]2(Cc3ccccc3)C(c3cccc(C(F)(F)F)c3)(c3cccc(C(F)(F)F)c3)O[C@@]12O[Si](C)(C)C(C)(C)C. The molecule has 4 aromatic rings. The van der Waals surface area contributed by atoms with E-state index in [9.17, 15) is 31.1 Å². The minimum absolute atomic E-state index is 0.0226. The molecule has 53 heavy (non-hydrogen) atoms. The number of halogens is 6. The molecule has 0 unspecified atom stereocenters. The number of para-hydroxylation sites is 1. The van der Waals surface area contributed by atoms with Crippen LogP contribution in [0.1, 0.15) is 74.9 Å². The van der Waals surface area contributed by atoms with Crippen LogP contribution in [0.3, 0.4) is 0 Å². The summed E-state index contributed by atoms with van der Waals surface area (Å²) in [5, 5.41) is -0.497. The second kappa shape index (κ2) is 12.5. The van der Waals surface area contributed by atoms with E-state index in [1.807, 2.05) is 46.0 Å². The van der Waals surface area contributed by atoms with Gasteiger partial charge in [0.2, 0.25) is 0 Å². The van der Waals surface area contributed by atoms with Gasteiger partial charge >= 0.3 is 18.4 Å². The Morgan fingerprint density at radius 2 is 1.23 bits per heavy atom. The summed E-state index contributed by atoms with van der Waals surface area (Å²) in [6, 6.07) is 24.8. The highest BCUT2D eigenvalue weighted by molar-refractivity contribution is 6.74. The summed E-state index contributed by atoms with van der Waals surface area (Å²) in [6.07, 6.45) is -10.5. The Morgan fingerprint density at radius 1 is 0.717 bits per heavy atom. The molecule has 1 saturated heterocycles. The molecular weight excluding hydrogens is 713 g/mol. The fourth-order valence-electron chi connectivity index (χ4n) is 7.36. The summed E-state index contributed by atoms with van der Waals surface area (Å²) in [6.45, 7) is 14.9. The van der Waals surface area contributed by atoms with E-state index in [1.54, 1.807) is 63.2 Å². The van der Waals surface area contributed by atoms with Gasteiger partial charge in [-0.05, 0) is 97.9 Å². The predicted octanol–water partition coefficient (Wildman–Crippen LogP) is 11.6. The second-order valence-electron chi connectivity index (χ2n) is 16.3. The number of amides is 1. The number of nitrogens with zero attached hydrogens (tertiary/aromatic N) is 1. The molecule has 1 amide bonds. The van der Waals surface area contributed by atoms with Crippen LogP contribution < -0.4 is 4.90 Å². The van der Waals surface area contributed by atoms with E-state index in [0.717, 1.165) is 24.3 Å². The smallest absolute Gasteiger partial charge is 0.419 e.